The average molecular weight is 393 g/mol. The number of ether oxygens (including phenoxy) is 2. The van der Waals surface area contributed by atoms with Gasteiger partial charge in [-0.3, -0.25) is 0 Å². The number of rotatable bonds is 7. The van der Waals surface area contributed by atoms with Gasteiger partial charge in [0.25, 0.3) is 0 Å². The number of guanidine groups is 1. The Kier molecular flexibility index (Phi) is 9.96. The van der Waals surface area contributed by atoms with Crippen molar-refractivity contribution in [2.75, 3.05) is 20.2 Å². The van der Waals surface area contributed by atoms with Crippen molar-refractivity contribution < 1.29 is 9.47 Å². The molecule has 0 spiro atoms. The predicted molar refractivity (Wildman–Crippen MR) is 93.3 cm³/mol. The number of nitrogens with two attached hydrogens (primary N) is 1. The van der Waals surface area contributed by atoms with Crippen LogP contribution in [0.4, 0.5) is 0 Å². The van der Waals surface area contributed by atoms with E-state index in [1.807, 2.05) is 31.2 Å². The standard InChI is InChI=1S/C14H23N3O2.HI/c1-4-8-16-14(15)17-10-11(2)19-13-7-5-6-12(9-13)18-3;/h5-7,9,11H,4,8,10H2,1-3H3,(H3,15,16,17);1H. The zero-order chi connectivity index (χ0) is 14.1. The Morgan fingerprint density at radius 1 is 1.40 bits per heavy atom. The molecule has 1 aromatic rings. The molecule has 1 unspecified atom stereocenters. The molecule has 0 aliphatic rings. The highest BCUT2D eigenvalue weighted by molar-refractivity contribution is 14.0. The van der Waals surface area contributed by atoms with E-state index < -0.39 is 0 Å². The minimum absolute atomic E-state index is 0. The fraction of sp³-hybridized carbons (Fsp3) is 0.500. The van der Waals surface area contributed by atoms with E-state index in [2.05, 4.69) is 17.2 Å². The Hall–Kier alpha value is -1.18. The smallest absolute Gasteiger partial charge is 0.188 e. The first-order chi connectivity index (χ1) is 9.15. The molecular weight excluding hydrogens is 369 g/mol. The van der Waals surface area contributed by atoms with Crippen LogP contribution in [-0.2, 0) is 0 Å². The lowest BCUT2D eigenvalue weighted by Crippen LogP contribution is -2.33. The number of halogens is 1. The Morgan fingerprint density at radius 2 is 2.10 bits per heavy atom. The summed E-state index contributed by atoms with van der Waals surface area (Å²) in [6.45, 7) is 5.38. The lowest BCUT2D eigenvalue weighted by atomic mass is 10.3. The molecule has 0 aliphatic carbocycles. The van der Waals surface area contributed by atoms with Gasteiger partial charge in [-0.25, -0.2) is 4.99 Å². The van der Waals surface area contributed by atoms with Gasteiger partial charge in [0, 0.05) is 12.6 Å². The van der Waals surface area contributed by atoms with Gasteiger partial charge in [0.1, 0.15) is 17.6 Å². The fourth-order valence-corrected chi connectivity index (χ4v) is 1.48. The summed E-state index contributed by atoms with van der Waals surface area (Å²) in [4.78, 5) is 4.23. The van der Waals surface area contributed by atoms with Crippen LogP contribution in [0, 0.1) is 0 Å². The molecule has 5 nitrogen and oxygen atoms in total. The van der Waals surface area contributed by atoms with E-state index in [0.29, 0.717) is 12.5 Å². The van der Waals surface area contributed by atoms with Crippen molar-refractivity contribution in [3.05, 3.63) is 24.3 Å². The number of hydrogen-bond donors (Lipinski definition) is 2. The monoisotopic (exact) mass is 393 g/mol. The van der Waals surface area contributed by atoms with Crippen molar-refractivity contribution in [2.45, 2.75) is 26.4 Å². The minimum Gasteiger partial charge on any atom is -0.497 e. The maximum atomic E-state index is 5.74. The summed E-state index contributed by atoms with van der Waals surface area (Å²) in [5.41, 5.74) is 5.71. The van der Waals surface area contributed by atoms with Gasteiger partial charge in [-0.05, 0) is 25.5 Å². The van der Waals surface area contributed by atoms with Crippen LogP contribution in [-0.4, -0.2) is 32.3 Å². The molecule has 0 heterocycles. The Labute approximate surface area is 138 Å². The number of nitrogens with zero attached hydrogens (tertiary/aromatic N) is 1. The summed E-state index contributed by atoms with van der Waals surface area (Å²) in [7, 11) is 1.63. The quantitative estimate of drug-likeness (QED) is 0.424. The van der Waals surface area contributed by atoms with E-state index in [-0.39, 0.29) is 30.1 Å². The normalized spacial score (nSPS) is 12.2. The van der Waals surface area contributed by atoms with E-state index in [0.717, 1.165) is 24.5 Å². The van der Waals surface area contributed by atoms with Crippen molar-refractivity contribution in [1.29, 1.82) is 0 Å². The van der Waals surface area contributed by atoms with Crippen molar-refractivity contribution in [2.24, 2.45) is 10.7 Å². The molecule has 20 heavy (non-hydrogen) atoms. The molecule has 3 N–H and O–H groups in total. The van der Waals surface area contributed by atoms with Crippen LogP contribution in [0.3, 0.4) is 0 Å². The van der Waals surface area contributed by atoms with E-state index in [9.17, 15) is 0 Å². The van der Waals surface area contributed by atoms with E-state index in [4.69, 9.17) is 15.2 Å². The zero-order valence-electron chi connectivity index (χ0n) is 12.3. The van der Waals surface area contributed by atoms with E-state index in [1.54, 1.807) is 7.11 Å². The SMILES string of the molecule is CCCNC(N)=NCC(C)Oc1cccc(OC)c1.I. The number of hydrogen-bond acceptors (Lipinski definition) is 3. The highest BCUT2D eigenvalue weighted by Crippen LogP contribution is 2.19. The van der Waals surface area contributed by atoms with Gasteiger partial charge in [-0.1, -0.05) is 13.0 Å². The zero-order valence-corrected chi connectivity index (χ0v) is 14.6. The third-order valence-electron chi connectivity index (χ3n) is 2.45. The Bertz CT molecular complexity index is 413. The second-order valence-corrected chi connectivity index (χ2v) is 4.26. The van der Waals surface area contributed by atoms with Crippen LogP contribution in [0.15, 0.2) is 29.3 Å². The molecule has 0 aliphatic heterocycles. The molecular formula is C14H24IN3O2. The number of benzene rings is 1. The second kappa shape index (κ2) is 10.6. The lowest BCUT2D eigenvalue weighted by Gasteiger charge is -2.13. The molecule has 0 bridgehead atoms. The molecule has 0 saturated heterocycles. The maximum Gasteiger partial charge on any atom is 0.188 e. The summed E-state index contributed by atoms with van der Waals surface area (Å²) in [5.74, 6) is 2.00. The van der Waals surface area contributed by atoms with Gasteiger partial charge in [0.15, 0.2) is 5.96 Å². The molecule has 0 radical (unpaired) electrons. The van der Waals surface area contributed by atoms with Gasteiger partial charge in [-0.2, -0.15) is 0 Å². The van der Waals surface area contributed by atoms with Crippen LogP contribution in [0.1, 0.15) is 20.3 Å². The number of methoxy groups -OCH3 is 1. The third-order valence-corrected chi connectivity index (χ3v) is 2.45. The van der Waals surface area contributed by atoms with Crippen molar-refractivity contribution >= 4 is 29.9 Å². The second-order valence-electron chi connectivity index (χ2n) is 4.26. The lowest BCUT2D eigenvalue weighted by molar-refractivity contribution is 0.229. The van der Waals surface area contributed by atoms with Gasteiger partial charge < -0.3 is 20.5 Å². The van der Waals surface area contributed by atoms with Crippen LogP contribution >= 0.6 is 24.0 Å². The summed E-state index contributed by atoms with van der Waals surface area (Å²) in [6.07, 6.45) is 0.973. The fourth-order valence-electron chi connectivity index (χ4n) is 1.48. The number of nitrogens with one attached hydrogen (secondary N) is 1. The molecule has 1 rings (SSSR count). The van der Waals surface area contributed by atoms with E-state index >= 15 is 0 Å². The predicted octanol–water partition coefficient (Wildman–Crippen LogP) is 2.39. The van der Waals surface area contributed by atoms with Crippen molar-refractivity contribution in [1.82, 2.24) is 5.32 Å². The molecule has 6 heteroatoms. The highest BCUT2D eigenvalue weighted by atomic mass is 127. The Morgan fingerprint density at radius 3 is 2.75 bits per heavy atom. The molecule has 1 aromatic carbocycles. The van der Waals surface area contributed by atoms with Crippen LogP contribution in [0.25, 0.3) is 0 Å². The largest absolute Gasteiger partial charge is 0.497 e. The van der Waals surface area contributed by atoms with Gasteiger partial charge in [0.2, 0.25) is 0 Å². The Balaban J connectivity index is 0.00000361. The first-order valence-electron chi connectivity index (χ1n) is 6.50. The van der Waals surface area contributed by atoms with Crippen LogP contribution < -0.4 is 20.5 Å². The van der Waals surface area contributed by atoms with E-state index in [1.165, 1.54) is 0 Å². The van der Waals surface area contributed by atoms with Gasteiger partial charge >= 0.3 is 0 Å². The summed E-state index contributed by atoms with van der Waals surface area (Å²) < 4.78 is 10.9. The third kappa shape index (κ3) is 7.42. The first kappa shape index (κ1) is 18.8. The van der Waals surface area contributed by atoms with Gasteiger partial charge in [-0.15, -0.1) is 24.0 Å². The average Bonchev–Trinajstić information content (AvgIpc) is 2.43. The number of aliphatic imine (C=N–C) groups is 1. The van der Waals surface area contributed by atoms with Crippen molar-refractivity contribution in [3.8, 4) is 11.5 Å². The van der Waals surface area contributed by atoms with Gasteiger partial charge in [0.05, 0.1) is 13.7 Å². The van der Waals surface area contributed by atoms with Crippen molar-refractivity contribution in [3.63, 3.8) is 0 Å². The maximum absolute atomic E-state index is 5.74. The van der Waals surface area contributed by atoms with Crippen LogP contribution in [0.5, 0.6) is 11.5 Å². The first-order valence-corrected chi connectivity index (χ1v) is 6.50. The summed E-state index contributed by atoms with van der Waals surface area (Å²) in [6, 6.07) is 7.50. The molecule has 0 saturated carbocycles. The topological polar surface area (TPSA) is 68.9 Å². The molecule has 1 atom stereocenters. The summed E-state index contributed by atoms with van der Waals surface area (Å²) in [5, 5.41) is 3.02. The molecule has 0 amide bonds. The minimum atomic E-state index is -0.0471. The van der Waals surface area contributed by atoms with Crippen LogP contribution in [0.2, 0.25) is 0 Å². The molecule has 0 aromatic heterocycles. The molecule has 0 fully saturated rings. The summed E-state index contributed by atoms with van der Waals surface area (Å²) >= 11 is 0. The highest BCUT2D eigenvalue weighted by Gasteiger charge is 2.04. The molecule has 114 valence electrons.